The second-order valence-electron chi connectivity index (χ2n) is 8.22. The van der Waals surface area contributed by atoms with Crippen LogP contribution in [0.25, 0.3) is 0 Å². The molecule has 0 spiro atoms. The van der Waals surface area contributed by atoms with Crippen LogP contribution in [0.3, 0.4) is 0 Å². The van der Waals surface area contributed by atoms with Crippen molar-refractivity contribution in [2.45, 2.75) is 39.1 Å². The van der Waals surface area contributed by atoms with Gasteiger partial charge >= 0.3 is 27.3 Å². The zero-order chi connectivity index (χ0) is 26.0. The van der Waals surface area contributed by atoms with E-state index < -0.39 is 19.2 Å². The lowest BCUT2D eigenvalue weighted by molar-refractivity contribution is 0.0696. The maximum Gasteiger partial charge on any atom is 0.494 e. The molecular formula is C22H31B3O10. The van der Waals surface area contributed by atoms with Gasteiger partial charge in [0.05, 0.1) is 43.7 Å². The quantitative estimate of drug-likeness (QED) is 0.310. The summed E-state index contributed by atoms with van der Waals surface area (Å²) in [6.45, 7) is 6.71. The van der Waals surface area contributed by atoms with Gasteiger partial charge in [0.2, 0.25) is 0 Å². The van der Waals surface area contributed by atoms with Crippen molar-refractivity contribution in [1.29, 1.82) is 0 Å². The number of carbonyl (C=O) groups is 1. The lowest BCUT2D eigenvalue weighted by atomic mass is 9.74. The molecule has 5 N–H and O–H groups in total. The molecule has 35 heavy (non-hydrogen) atoms. The number of aromatic carboxylic acids is 1. The minimum atomic E-state index is -1.55. The van der Waals surface area contributed by atoms with Crippen molar-refractivity contribution in [3.63, 3.8) is 0 Å². The fraction of sp³-hybridized carbons (Fsp3) is 0.409. The molecule has 0 radical (unpaired) electrons. The summed E-state index contributed by atoms with van der Waals surface area (Å²) in [5.41, 5.74) is 2.47. The molecule has 2 aliphatic heterocycles. The molecule has 188 valence electrons. The summed E-state index contributed by atoms with van der Waals surface area (Å²) in [4.78, 5) is 10.4. The largest absolute Gasteiger partial charge is 0.494 e. The van der Waals surface area contributed by atoms with Crippen molar-refractivity contribution in [3.8, 4) is 0 Å². The third-order valence-electron chi connectivity index (χ3n) is 4.88. The molecule has 2 heterocycles. The minimum absolute atomic E-state index is 0.124. The SMILES string of the molecule is CC(O)CO.CC1COB(c2ccc(B3OCC(C)O3)cc2)O1.O=C(O)c1ccc(B(O)O)cc1. The molecule has 2 aromatic carbocycles. The molecule has 0 amide bonds. The van der Waals surface area contributed by atoms with E-state index in [1.54, 1.807) is 0 Å². The first kappa shape index (κ1) is 29.0. The van der Waals surface area contributed by atoms with Gasteiger partial charge in [0.15, 0.2) is 0 Å². The molecule has 0 aliphatic carbocycles. The molecule has 3 unspecified atom stereocenters. The summed E-state index contributed by atoms with van der Waals surface area (Å²) < 4.78 is 22.4. The zero-order valence-corrected chi connectivity index (χ0v) is 20.0. The number of benzene rings is 2. The van der Waals surface area contributed by atoms with Crippen LogP contribution < -0.4 is 16.4 Å². The Hall–Kier alpha value is -2.22. The standard InChI is InChI=1S/C12H16B2O4.C7H7BO4.C3H8O2/c1-9-7-15-13(17-9)11-3-5-12(6-4-11)14-16-8-10(2)18-14;9-7(10)5-1-3-6(4-2-5)8(11)12;1-3(5)2-4/h3-6,9-10H,7-8H2,1-2H3;1-4,11-12H,(H,9,10);3-5H,2H2,1H3. The summed E-state index contributed by atoms with van der Waals surface area (Å²) >= 11 is 0. The van der Waals surface area contributed by atoms with Crippen molar-refractivity contribution in [2.24, 2.45) is 0 Å². The second-order valence-corrected chi connectivity index (χ2v) is 8.22. The summed E-state index contributed by atoms with van der Waals surface area (Å²) in [7, 11) is -2.02. The maximum atomic E-state index is 10.4. The second kappa shape index (κ2) is 14.4. The van der Waals surface area contributed by atoms with Gasteiger partial charge in [-0.3, -0.25) is 0 Å². The molecule has 10 nitrogen and oxygen atoms in total. The van der Waals surface area contributed by atoms with Gasteiger partial charge in [-0.25, -0.2) is 4.79 Å². The summed E-state index contributed by atoms with van der Waals surface area (Å²) in [5.74, 6) is -1.03. The van der Waals surface area contributed by atoms with Crippen LogP contribution in [0.2, 0.25) is 0 Å². The van der Waals surface area contributed by atoms with E-state index in [2.05, 4.69) is 0 Å². The third-order valence-corrected chi connectivity index (χ3v) is 4.88. The van der Waals surface area contributed by atoms with Gasteiger partial charge in [0.25, 0.3) is 0 Å². The molecule has 2 aromatic rings. The van der Waals surface area contributed by atoms with E-state index in [1.165, 1.54) is 31.2 Å². The predicted molar refractivity (Wildman–Crippen MR) is 132 cm³/mol. The van der Waals surface area contributed by atoms with Crippen LogP contribution in [0.4, 0.5) is 0 Å². The van der Waals surface area contributed by atoms with Crippen LogP contribution in [0.1, 0.15) is 31.1 Å². The normalized spacial score (nSPS) is 19.9. The average molecular weight is 488 g/mol. The van der Waals surface area contributed by atoms with Gasteiger partial charge in [-0.15, -0.1) is 0 Å². The van der Waals surface area contributed by atoms with Gasteiger partial charge in [-0.2, -0.15) is 0 Å². The van der Waals surface area contributed by atoms with Crippen molar-refractivity contribution in [2.75, 3.05) is 19.8 Å². The van der Waals surface area contributed by atoms with Gasteiger partial charge in [-0.1, -0.05) is 36.4 Å². The molecule has 2 saturated heterocycles. The highest BCUT2D eigenvalue weighted by Gasteiger charge is 2.33. The minimum Gasteiger partial charge on any atom is -0.478 e. The van der Waals surface area contributed by atoms with Crippen molar-refractivity contribution in [1.82, 2.24) is 0 Å². The van der Waals surface area contributed by atoms with Crippen molar-refractivity contribution in [3.05, 3.63) is 54.1 Å². The molecule has 2 aliphatic rings. The Balaban J connectivity index is 0.000000220. The molecule has 4 rings (SSSR count). The number of carboxylic acid groups (broad SMARTS) is 1. The van der Waals surface area contributed by atoms with Crippen LogP contribution in [0.15, 0.2) is 48.5 Å². The zero-order valence-electron chi connectivity index (χ0n) is 20.0. The van der Waals surface area contributed by atoms with Gasteiger partial charge < -0.3 is 44.0 Å². The van der Waals surface area contributed by atoms with Crippen LogP contribution >= 0.6 is 0 Å². The number of aliphatic hydroxyl groups excluding tert-OH is 2. The molecule has 0 bridgehead atoms. The van der Waals surface area contributed by atoms with E-state index in [9.17, 15) is 4.79 Å². The van der Waals surface area contributed by atoms with Gasteiger partial charge in [-0.05, 0) is 49.3 Å². The average Bonchev–Trinajstić information content (AvgIpc) is 3.48. The van der Waals surface area contributed by atoms with E-state index in [0.717, 1.165) is 10.9 Å². The highest BCUT2D eigenvalue weighted by molar-refractivity contribution is 6.63. The molecule has 0 aromatic heterocycles. The lowest BCUT2D eigenvalue weighted by Gasteiger charge is -2.08. The Bertz CT molecular complexity index is 856. The first-order valence-corrected chi connectivity index (χ1v) is 11.2. The van der Waals surface area contributed by atoms with E-state index in [-0.39, 0.29) is 44.1 Å². The first-order chi connectivity index (χ1) is 16.6. The number of aliphatic hydroxyl groups is 2. The highest BCUT2D eigenvalue weighted by atomic mass is 16.6. The van der Waals surface area contributed by atoms with E-state index in [1.807, 2.05) is 38.1 Å². The maximum absolute atomic E-state index is 10.4. The van der Waals surface area contributed by atoms with Crippen LogP contribution in [0.5, 0.6) is 0 Å². The monoisotopic (exact) mass is 488 g/mol. The van der Waals surface area contributed by atoms with Crippen LogP contribution in [0, 0.1) is 0 Å². The molecule has 13 heteroatoms. The topological polar surface area (TPSA) is 155 Å². The van der Waals surface area contributed by atoms with Crippen molar-refractivity contribution < 1.29 is 48.8 Å². The Kier molecular flexibility index (Phi) is 11.9. The molecular weight excluding hydrogens is 457 g/mol. The number of hydrogen-bond acceptors (Lipinski definition) is 9. The van der Waals surface area contributed by atoms with Crippen LogP contribution in [-0.2, 0) is 18.6 Å². The number of carboxylic acids is 1. The Morgan fingerprint density at radius 3 is 1.60 bits per heavy atom. The predicted octanol–water partition coefficient (Wildman–Crippen LogP) is -1.63. The van der Waals surface area contributed by atoms with Gasteiger partial charge in [0, 0.05) is 0 Å². The molecule has 3 atom stereocenters. The Morgan fingerprint density at radius 2 is 1.34 bits per heavy atom. The molecule has 2 fully saturated rings. The Morgan fingerprint density at radius 1 is 0.943 bits per heavy atom. The number of rotatable bonds is 5. The van der Waals surface area contributed by atoms with E-state index in [0.29, 0.717) is 13.2 Å². The Labute approximate surface area is 205 Å². The van der Waals surface area contributed by atoms with Crippen LogP contribution in [-0.4, -0.2) is 90.8 Å². The fourth-order valence-electron chi connectivity index (χ4n) is 2.98. The summed E-state index contributed by atoms with van der Waals surface area (Å²) in [6, 6.07) is 13.4. The molecule has 0 saturated carbocycles. The third kappa shape index (κ3) is 9.75. The van der Waals surface area contributed by atoms with E-state index in [4.69, 9.17) is 44.0 Å². The lowest BCUT2D eigenvalue weighted by Crippen LogP contribution is -2.36. The highest BCUT2D eigenvalue weighted by Crippen LogP contribution is 2.09. The summed E-state index contributed by atoms with van der Waals surface area (Å²) in [6.07, 6.45) is -0.232. The summed E-state index contributed by atoms with van der Waals surface area (Å²) in [5, 5.41) is 41.8. The van der Waals surface area contributed by atoms with Crippen molar-refractivity contribution >= 4 is 43.7 Å². The van der Waals surface area contributed by atoms with Gasteiger partial charge in [0.1, 0.15) is 0 Å². The smallest absolute Gasteiger partial charge is 0.478 e. The fourth-order valence-corrected chi connectivity index (χ4v) is 2.98. The number of hydrogen-bond donors (Lipinski definition) is 5. The van der Waals surface area contributed by atoms with E-state index >= 15 is 0 Å². The first-order valence-electron chi connectivity index (χ1n) is 11.2.